The molecule has 2 aromatic rings. The summed E-state index contributed by atoms with van der Waals surface area (Å²) >= 11 is 5.11. The van der Waals surface area contributed by atoms with Crippen LogP contribution in [0.1, 0.15) is 36.1 Å². The number of carbonyl (C=O) groups excluding carboxylic acids is 1. The standard InChI is InChI=1S/C21H27N5OS.CH4S/c1-15-20(23-14-27)24-21(28-15)26(19-10-4-16(12-22)5-11-19)13-17-6-8-18(9-7-17)25(2)3;1-2/h4-5,10-11,14,17-18H,6-9,13H2,1-3H3,(H,23,27);2H,1H3. The van der Waals surface area contributed by atoms with E-state index < -0.39 is 0 Å². The van der Waals surface area contributed by atoms with Gasteiger partial charge >= 0.3 is 0 Å². The lowest BCUT2D eigenvalue weighted by Gasteiger charge is -2.35. The molecule has 1 amide bonds. The van der Waals surface area contributed by atoms with Gasteiger partial charge in [-0.15, -0.1) is 0 Å². The summed E-state index contributed by atoms with van der Waals surface area (Å²) in [5.74, 6) is 1.21. The highest BCUT2D eigenvalue weighted by molar-refractivity contribution is 7.79. The molecule has 1 fully saturated rings. The zero-order valence-corrected chi connectivity index (χ0v) is 19.8. The first-order chi connectivity index (χ1) is 14.5. The smallest absolute Gasteiger partial charge is 0.212 e. The Hall–Kier alpha value is -2.08. The number of amides is 1. The quantitative estimate of drug-likeness (QED) is 0.478. The number of hydrogen-bond acceptors (Lipinski definition) is 7. The first-order valence-corrected chi connectivity index (χ1v) is 11.8. The van der Waals surface area contributed by atoms with E-state index in [0.717, 1.165) is 22.2 Å². The molecule has 0 aliphatic heterocycles. The Morgan fingerprint density at radius 2 is 1.87 bits per heavy atom. The second-order valence-electron chi connectivity index (χ2n) is 7.57. The van der Waals surface area contributed by atoms with Crippen LogP contribution in [0.3, 0.4) is 0 Å². The molecule has 1 aliphatic carbocycles. The monoisotopic (exact) mass is 445 g/mol. The van der Waals surface area contributed by atoms with Gasteiger partial charge in [0.15, 0.2) is 5.13 Å². The summed E-state index contributed by atoms with van der Waals surface area (Å²) in [4.78, 5) is 21.1. The van der Waals surface area contributed by atoms with Crippen LogP contribution in [0, 0.1) is 24.2 Å². The van der Waals surface area contributed by atoms with Crippen molar-refractivity contribution >= 4 is 47.0 Å². The van der Waals surface area contributed by atoms with Crippen LogP contribution in [0.15, 0.2) is 24.3 Å². The minimum absolute atomic E-state index is 0.596. The van der Waals surface area contributed by atoms with E-state index in [1.54, 1.807) is 17.6 Å². The summed E-state index contributed by atoms with van der Waals surface area (Å²) < 4.78 is 0. The average molecular weight is 446 g/mol. The zero-order chi connectivity index (χ0) is 22.1. The highest BCUT2D eigenvalue weighted by Gasteiger charge is 2.26. The summed E-state index contributed by atoms with van der Waals surface area (Å²) in [7, 11) is 4.32. The summed E-state index contributed by atoms with van der Waals surface area (Å²) in [6, 6.07) is 10.5. The van der Waals surface area contributed by atoms with Gasteiger partial charge in [0.25, 0.3) is 0 Å². The lowest BCUT2D eigenvalue weighted by molar-refractivity contribution is -0.105. The number of thiazole rings is 1. The highest BCUT2D eigenvalue weighted by atomic mass is 32.1. The number of aryl methyl sites for hydroxylation is 1. The van der Waals surface area contributed by atoms with Crippen LogP contribution in [0.2, 0.25) is 0 Å². The third-order valence-electron chi connectivity index (χ3n) is 5.51. The van der Waals surface area contributed by atoms with Crippen molar-refractivity contribution in [1.29, 1.82) is 5.26 Å². The molecule has 0 unspecified atom stereocenters. The second-order valence-corrected chi connectivity index (χ2v) is 8.75. The Kier molecular flexibility index (Phi) is 9.63. The topological polar surface area (TPSA) is 72.3 Å². The van der Waals surface area contributed by atoms with Crippen molar-refractivity contribution in [3.63, 3.8) is 0 Å². The maximum absolute atomic E-state index is 10.9. The predicted molar refractivity (Wildman–Crippen MR) is 129 cm³/mol. The molecular formula is C22H31N5OS2. The van der Waals surface area contributed by atoms with Crippen LogP contribution in [0.25, 0.3) is 0 Å². The number of anilines is 3. The van der Waals surface area contributed by atoms with E-state index in [2.05, 4.69) is 52.9 Å². The molecule has 1 aliphatic rings. The molecular weight excluding hydrogens is 414 g/mol. The Morgan fingerprint density at radius 3 is 2.40 bits per heavy atom. The van der Waals surface area contributed by atoms with Crippen molar-refractivity contribution in [2.45, 2.75) is 38.6 Å². The molecule has 6 nitrogen and oxygen atoms in total. The van der Waals surface area contributed by atoms with Gasteiger partial charge in [0.1, 0.15) is 5.82 Å². The average Bonchev–Trinajstić information content (AvgIpc) is 3.14. The van der Waals surface area contributed by atoms with Crippen molar-refractivity contribution in [2.24, 2.45) is 5.92 Å². The Balaban J connectivity index is 0.00000155. The molecule has 1 aromatic carbocycles. The number of nitrogens with zero attached hydrogens (tertiary/aromatic N) is 4. The van der Waals surface area contributed by atoms with Crippen LogP contribution in [0.5, 0.6) is 0 Å². The Morgan fingerprint density at radius 1 is 1.23 bits per heavy atom. The van der Waals surface area contributed by atoms with Gasteiger partial charge in [-0.25, -0.2) is 4.98 Å². The molecule has 0 bridgehead atoms. The number of carbonyl (C=O) groups is 1. The zero-order valence-electron chi connectivity index (χ0n) is 18.1. The molecule has 0 saturated heterocycles. The van der Waals surface area contributed by atoms with Crippen LogP contribution >= 0.6 is 24.0 Å². The van der Waals surface area contributed by atoms with E-state index in [4.69, 9.17) is 5.26 Å². The van der Waals surface area contributed by atoms with Crippen molar-refractivity contribution < 1.29 is 4.79 Å². The van der Waals surface area contributed by atoms with Crippen molar-refractivity contribution in [3.8, 4) is 6.07 Å². The summed E-state index contributed by atoms with van der Waals surface area (Å²) in [5, 5.41) is 12.7. The van der Waals surface area contributed by atoms with Crippen LogP contribution < -0.4 is 10.2 Å². The molecule has 0 spiro atoms. The maximum atomic E-state index is 10.9. The van der Waals surface area contributed by atoms with Crippen LogP contribution in [0.4, 0.5) is 16.6 Å². The molecule has 1 N–H and O–H groups in total. The number of thiol groups is 1. The van der Waals surface area contributed by atoms with E-state index in [9.17, 15) is 4.79 Å². The number of hydrogen-bond donors (Lipinski definition) is 2. The van der Waals surface area contributed by atoms with Gasteiger partial charge in [-0.3, -0.25) is 4.79 Å². The van der Waals surface area contributed by atoms with E-state index in [-0.39, 0.29) is 0 Å². The minimum Gasteiger partial charge on any atom is -0.317 e. The van der Waals surface area contributed by atoms with Gasteiger partial charge in [-0.1, -0.05) is 11.3 Å². The Bertz CT molecular complexity index is 836. The van der Waals surface area contributed by atoms with E-state index >= 15 is 0 Å². The van der Waals surface area contributed by atoms with Gasteiger partial charge in [0.05, 0.1) is 11.6 Å². The van der Waals surface area contributed by atoms with Gasteiger partial charge < -0.3 is 15.1 Å². The van der Waals surface area contributed by atoms with Crippen molar-refractivity contribution in [1.82, 2.24) is 9.88 Å². The fraction of sp³-hybridized carbons (Fsp3) is 0.500. The number of rotatable bonds is 7. The first-order valence-electron chi connectivity index (χ1n) is 10.1. The molecule has 3 rings (SSSR count). The molecule has 30 heavy (non-hydrogen) atoms. The van der Waals surface area contributed by atoms with Crippen molar-refractivity contribution in [3.05, 3.63) is 34.7 Å². The lowest BCUT2D eigenvalue weighted by Crippen LogP contribution is -2.35. The van der Waals surface area contributed by atoms with Gasteiger partial charge in [-0.2, -0.15) is 17.9 Å². The van der Waals surface area contributed by atoms with Gasteiger partial charge in [-0.05, 0) is 83.1 Å². The molecule has 162 valence electrons. The highest BCUT2D eigenvalue weighted by Crippen LogP contribution is 2.36. The van der Waals surface area contributed by atoms with E-state index in [1.165, 1.54) is 25.7 Å². The SMILES string of the molecule is CS.Cc1sc(N(CC2CCC(N(C)C)CC2)c2ccc(C#N)cc2)nc1NC=O. The van der Waals surface area contributed by atoms with Crippen molar-refractivity contribution in [2.75, 3.05) is 37.1 Å². The largest absolute Gasteiger partial charge is 0.317 e. The summed E-state index contributed by atoms with van der Waals surface area (Å²) in [6.07, 6.45) is 7.18. The van der Waals surface area contributed by atoms with Crippen LogP contribution in [-0.2, 0) is 4.79 Å². The summed E-state index contributed by atoms with van der Waals surface area (Å²) in [5.41, 5.74) is 1.67. The van der Waals surface area contributed by atoms with Gasteiger partial charge in [0, 0.05) is 23.2 Å². The molecule has 1 saturated carbocycles. The number of nitriles is 1. The normalized spacial score (nSPS) is 18.2. The molecule has 0 atom stereocenters. The second kappa shape index (κ2) is 11.9. The fourth-order valence-electron chi connectivity index (χ4n) is 3.80. The first kappa shape index (κ1) is 24.2. The van der Waals surface area contributed by atoms with Crippen LogP contribution in [-0.4, -0.2) is 49.2 Å². The Labute approximate surface area is 189 Å². The molecule has 1 heterocycles. The van der Waals surface area contributed by atoms with E-state index in [0.29, 0.717) is 29.8 Å². The van der Waals surface area contributed by atoms with Gasteiger partial charge in [0.2, 0.25) is 6.41 Å². The number of nitrogens with one attached hydrogen (secondary N) is 1. The molecule has 0 radical (unpaired) electrons. The predicted octanol–water partition coefficient (Wildman–Crippen LogP) is 4.70. The third-order valence-corrected chi connectivity index (χ3v) is 6.50. The molecule has 1 aromatic heterocycles. The number of benzene rings is 1. The third kappa shape index (κ3) is 6.21. The minimum atomic E-state index is 0.596. The van der Waals surface area contributed by atoms with E-state index in [1.807, 2.05) is 31.2 Å². The lowest BCUT2D eigenvalue weighted by atomic mass is 9.85. The summed E-state index contributed by atoms with van der Waals surface area (Å²) in [6.45, 7) is 2.85. The fourth-order valence-corrected chi connectivity index (χ4v) is 4.70. The molecule has 8 heteroatoms. The number of aromatic nitrogens is 1. The maximum Gasteiger partial charge on any atom is 0.212 e.